The van der Waals surface area contributed by atoms with Gasteiger partial charge in [-0.25, -0.2) is 9.59 Å². The number of esters is 1. The van der Waals surface area contributed by atoms with Crippen LogP contribution in [0, 0.1) is 10.1 Å². The Balaban J connectivity index is 2.18. The lowest BCUT2D eigenvalue weighted by molar-refractivity contribution is -0.385. The van der Waals surface area contributed by atoms with Crippen molar-refractivity contribution >= 4 is 23.6 Å². The maximum absolute atomic E-state index is 12.9. The van der Waals surface area contributed by atoms with Crippen LogP contribution in [0.25, 0.3) is 0 Å². The number of hydrogen-bond acceptors (Lipinski definition) is 8. The van der Waals surface area contributed by atoms with E-state index in [2.05, 4.69) is 10.6 Å². The summed E-state index contributed by atoms with van der Waals surface area (Å²) in [5, 5.41) is 16.4. The van der Waals surface area contributed by atoms with Crippen molar-refractivity contribution in [2.45, 2.75) is 19.5 Å². The minimum Gasteiger partial charge on any atom is -0.497 e. The van der Waals surface area contributed by atoms with Crippen LogP contribution in [0.4, 0.5) is 10.5 Å². The lowest BCUT2D eigenvalue weighted by atomic mass is 9.95. The number of carbonyl (C=O) groups is 3. The van der Waals surface area contributed by atoms with Crippen LogP contribution in [0.3, 0.4) is 0 Å². The summed E-state index contributed by atoms with van der Waals surface area (Å²) in [6, 6.07) is 5.67. The lowest BCUT2D eigenvalue weighted by Crippen LogP contribution is -2.47. The molecule has 0 spiro atoms. The fourth-order valence-electron chi connectivity index (χ4n) is 3.42. The number of nitrogens with one attached hydrogen (secondary N) is 2. The van der Waals surface area contributed by atoms with Gasteiger partial charge < -0.3 is 30.4 Å². The summed E-state index contributed by atoms with van der Waals surface area (Å²) in [4.78, 5) is 60.2. The Kier molecular flexibility index (Phi) is 6.95. The number of nitro groups is 1. The number of rotatable bonds is 8. The van der Waals surface area contributed by atoms with Crippen LogP contribution in [-0.4, -0.2) is 41.1 Å². The van der Waals surface area contributed by atoms with E-state index in [0.717, 1.165) is 16.8 Å². The first kappa shape index (κ1) is 24.0. The number of benzene rings is 1. The quantitative estimate of drug-likeness (QED) is 0.286. The second kappa shape index (κ2) is 9.85. The molecule has 13 nitrogen and oxygen atoms in total. The molecule has 1 aliphatic rings. The Morgan fingerprint density at radius 2 is 1.91 bits per heavy atom. The third-order valence-corrected chi connectivity index (χ3v) is 4.97. The molecule has 2 heterocycles. The Morgan fingerprint density at radius 1 is 1.24 bits per heavy atom. The maximum atomic E-state index is 12.9. The highest BCUT2D eigenvalue weighted by Crippen LogP contribution is 2.29. The normalized spacial score (nSPS) is 15.2. The molecule has 0 aliphatic carbocycles. The molecule has 178 valence electrons. The first-order chi connectivity index (χ1) is 16.2. The molecule has 1 atom stereocenters. The number of methoxy groups -OCH3 is 1. The monoisotopic (exact) mass is 471 g/mol. The number of primary amides is 1. The summed E-state index contributed by atoms with van der Waals surface area (Å²) in [7, 11) is 1.49. The van der Waals surface area contributed by atoms with E-state index in [1.807, 2.05) is 0 Å². The first-order valence-electron chi connectivity index (χ1n) is 9.96. The van der Waals surface area contributed by atoms with E-state index in [1.165, 1.54) is 7.11 Å². The van der Waals surface area contributed by atoms with Crippen molar-refractivity contribution in [2.24, 2.45) is 5.73 Å². The number of carbonyl (C=O) groups excluding carboxylic acids is 3. The van der Waals surface area contributed by atoms with Crippen LogP contribution >= 0.6 is 0 Å². The summed E-state index contributed by atoms with van der Waals surface area (Å²) in [6.45, 7) is 1.15. The van der Waals surface area contributed by atoms with Gasteiger partial charge in [-0.1, -0.05) is 12.1 Å². The Bertz CT molecular complexity index is 1250. The van der Waals surface area contributed by atoms with Gasteiger partial charge in [0.15, 0.2) is 0 Å². The highest BCUT2D eigenvalue weighted by atomic mass is 16.6. The van der Waals surface area contributed by atoms with E-state index in [9.17, 15) is 29.3 Å². The standard InChI is InChI=1S/C21H21N5O8/c1-3-34-20(29)16-15(10-25-9-12(26(31)32)8-14(18(22)27)19(25)28)23-21(30)24-17(16)11-4-6-13(33-2)7-5-11/h4-9,17H,3,10H2,1-2H3,(H2,22,27)(H2,23,24,30). The Morgan fingerprint density at radius 3 is 2.47 bits per heavy atom. The fraction of sp³-hybridized carbons (Fsp3) is 0.238. The summed E-state index contributed by atoms with van der Waals surface area (Å²) in [5.41, 5.74) is 3.53. The van der Waals surface area contributed by atoms with Gasteiger partial charge in [-0.15, -0.1) is 0 Å². The van der Waals surface area contributed by atoms with Crippen LogP contribution in [0.15, 0.2) is 52.6 Å². The minimum absolute atomic E-state index is 0.0225. The molecule has 1 aromatic carbocycles. The second-order valence-corrected chi connectivity index (χ2v) is 7.08. The predicted molar refractivity (Wildman–Crippen MR) is 117 cm³/mol. The molecule has 0 saturated carbocycles. The van der Waals surface area contributed by atoms with E-state index >= 15 is 0 Å². The predicted octanol–water partition coefficient (Wildman–Crippen LogP) is 0.735. The molecule has 3 amide bonds. The van der Waals surface area contributed by atoms with Crippen LogP contribution in [0.5, 0.6) is 5.75 Å². The number of pyridine rings is 1. The number of allylic oxidation sites excluding steroid dienone is 1. The van der Waals surface area contributed by atoms with Crippen molar-refractivity contribution in [3.8, 4) is 5.75 Å². The van der Waals surface area contributed by atoms with Crippen molar-refractivity contribution in [1.29, 1.82) is 0 Å². The lowest BCUT2D eigenvalue weighted by Gasteiger charge is -2.29. The third kappa shape index (κ3) is 4.87. The Hall–Kier alpha value is -4.68. The maximum Gasteiger partial charge on any atom is 0.338 e. The molecule has 1 aliphatic heterocycles. The highest BCUT2D eigenvalue weighted by Gasteiger charge is 2.34. The Labute approximate surface area is 192 Å². The largest absolute Gasteiger partial charge is 0.497 e. The van der Waals surface area contributed by atoms with E-state index in [0.29, 0.717) is 11.3 Å². The van der Waals surface area contributed by atoms with E-state index in [-0.39, 0.29) is 17.9 Å². The number of nitrogens with two attached hydrogens (primary N) is 1. The molecular formula is C21H21N5O8. The summed E-state index contributed by atoms with van der Waals surface area (Å²) in [6.07, 6.45) is 0.890. The van der Waals surface area contributed by atoms with Gasteiger partial charge in [0.25, 0.3) is 17.2 Å². The van der Waals surface area contributed by atoms with Gasteiger partial charge in [0.1, 0.15) is 11.3 Å². The van der Waals surface area contributed by atoms with E-state index in [1.54, 1.807) is 31.2 Å². The molecule has 2 aromatic rings. The summed E-state index contributed by atoms with van der Waals surface area (Å²) >= 11 is 0. The van der Waals surface area contributed by atoms with Crippen molar-refractivity contribution in [3.05, 3.63) is 79.4 Å². The van der Waals surface area contributed by atoms with Crippen molar-refractivity contribution in [3.63, 3.8) is 0 Å². The average molecular weight is 471 g/mol. The number of hydrogen-bond donors (Lipinski definition) is 3. The molecule has 0 bridgehead atoms. The van der Waals surface area contributed by atoms with Gasteiger partial charge in [-0.2, -0.15) is 0 Å². The summed E-state index contributed by atoms with van der Waals surface area (Å²) < 4.78 is 11.1. The fourth-order valence-corrected chi connectivity index (χ4v) is 3.42. The van der Waals surface area contributed by atoms with Gasteiger partial charge in [0, 0.05) is 6.07 Å². The van der Waals surface area contributed by atoms with Crippen LogP contribution < -0.4 is 26.7 Å². The molecule has 3 rings (SSSR count). The molecule has 0 saturated heterocycles. The molecule has 0 fully saturated rings. The zero-order chi connectivity index (χ0) is 25.0. The zero-order valence-electron chi connectivity index (χ0n) is 18.2. The number of amides is 3. The van der Waals surface area contributed by atoms with Gasteiger partial charge >= 0.3 is 12.0 Å². The van der Waals surface area contributed by atoms with Crippen LogP contribution in [0.1, 0.15) is 28.9 Å². The van der Waals surface area contributed by atoms with Crippen LogP contribution in [-0.2, 0) is 16.1 Å². The first-order valence-corrected chi connectivity index (χ1v) is 9.96. The molecule has 1 unspecified atom stereocenters. The van der Waals surface area contributed by atoms with E-state index < -0.39 is 52.2 Å². The van der Waals surface area contributed by atoms with Gasteiger partial charge in [0.2, 0.25) is 0 Å². The van der Waals surface area contributed by atoms with Gasteiger partial charge in [-0.3, -0.25) is 19.7 Å². The van der Waals surface area contributed by atoms with Crippen molar-refractivity contribution in [2.75, 3.05) is 13.7 Å². The average Bonchev–Trinajstić information content (AvgIpc) is 2.79. The SMILES string of the molecule is CCOC(=O)C1=C(Cn2cc([N+](=O)[O-])cc(C(N)=O)c2=O)NC(=O)NC1c1ccc(OC)cc1. The van der Waals surface area contributed by atoms with Gasteiger partial charge in [0.05, 0.1) is 48.7 Å². The minimum atomic E-state index is -1.16. The molecule has 0 radical (unpaired) electrons. The number of nitrogens with zero attached hydrogens (tertiary/aromatic N) is 2. The smallest absolute Gasteiger partial charge is 0.338 e. The summed E-state index contributed by atoms with van der Waals surface area (Å²) in [5.74, 6) is -1.39. The zero-order valence-corrected chi connectivity index (χ0v) is 18.2. The van der Waals surface area contributed by atoms with Crippen molar-refractivity contribution in [1.82, 2.24) is 15.2 Å². The number of aromatic nitrogens is 1. The van der Waals surface area contributed by atoms with Gasteiger partial charge in [-0.05, 0) is 24.6 Å². The molecule has 1 aromatic heterocycles. The van der Waals surface area contributed by atoms with Crippen LogP contribution in [0.2, 0.25) is 0 Å². The molecular weight excluding hydrogens is 450 g/mol. The number of ether oxygens (including phenoxy) is 2. The molecule has 13 heteroatoms. The third-order valence-electron chi connectivity index (χ3n) is 4.97. The number of urea groups is 1. The van der Waals surface area contributed by atoms with Crippen molar-refractivity contribution < 1.29 is 28.8 Å². The van der Waals surface area contributed by atoms with E-state index in [4.69, 9.17) is 15.2 Å². The second-order valence-electron chi connectivity index (χ2n) is 7.08. The molecule has 4 N–H and O–H groups in total. The highest BCUT2D eigenvalue weighted by molar-refractivity contribution is 5.95. The molecule has 34 heavy (non-hydrogen) atoms. The topological polar surface area (TPSA) is 185 Å².